The minimum Gasteiger partial charge on any atom is -0.378 e. The number of hydrogen-bond donors (Lipinski definition) is 1. The summed E-state index contributed by atoms with van der Waals surface area (Å²) in [6.07, 6.45) is 1.91. The highest BCUT2D eigenvalue weighted by atomic mass is 16.5. The van der Waals surface area contributed by atoms with Gasteiger partial charge in [-0.2, -0.15) is 0 Å². The number of hydrogen-bond acceptors (Lipinski definition) is 4. The smallest absolute Gasteiger partial charge is 0.0705 e. The number of pyridine rings is 1. The van der Waals surface area contributed by atoms with Crippen molar-refractivity contribution in [1.29, 1.82) is 0 Å². The van der Waals surface area contributed by atoms with Gasteiger partial charge in [-0.15, -0.1) is 0 Å². The summed E-state index contributed by atoms with van der Waals surface area (Å²) < 4.78 is 5.60. The summed E-state index contributed by atoms with van der Waals surface area (Å²) in [5.41, 5.74) is 2.42. The highest BCUT2D eigenvalue weighted by molar-refractivity contribution is 5.81. The molecule has 4 heteroatoms. The monoisotopic (exact) mass is 271 g/mol. The van der Waals surface area contributed by atoms with Crippen LogP contribution in [0.1, 0.15) is 5.56 Å². The molecule has 0 aliphatic carbocycles. The lowest BCUT2D eigenvalue weighted by Crippen LogP contribution is -2.49. The molecule has 4 nitrogen and oxygen atoms in total. The first-order valence-corrected chi connectivity index (χ1v) is 7.17. The second kappa shape index (κ2) is 6.31. The second-order valence-electron chi connectivity index (χ2n) is 5.24. The fourth-order valence-corrected chi connectivity index (χ4v) is 2.83. The fourth-order valence-electron chi connectivity index (χ4n) is 2.83. The van der Waals surface area contributed by atoms with E-state index >= 15 is 0 Å². The van der Waals surface area contributed by atoms with E-state index in [9.17, 15) is 0 Å². The van der Waals surface area contributed by atoms with Crippen LogP contribution in [-0.2, 0) is 11.3 Å². The standard InChI is InChI=1S/C16H21N3O/c1-17-10-14-12-20-9-8-19(14)11-13-6-7-18-16-5-3-2-4-15(13)16/h2-7,14,17H,8-12H2,1H3. The number of fused-ring (bicyclic) bond motifs is 1. The minimum atomic E-state index is 0.445. The van der Waals surface area contributed by atoms with Crippen LogP contribution in [0.5, 0.6) is 0 Å². The Morgan fingerprint density at radius 3 is 3.15 bits per heavy atom. The van der Waals surface area contributed by atoms with Gasteiger partial charge in [0, 0.05) is 37.3 Å². The van der Waals surface area contributed by atoms with E-state index in [0.717, 1.165) is 38.4 Å². The van der Waals surface area contributed by atoms with E-state index in [0.29, 0.717) is 6.04 Å². The van der Waals surface area contributed by atoms with E-state index in [1.54, 1.807) is 0 Å². The third-order valence-corrected chi connectivity index (χ3v) is 3.90. The van der Waals surface area contributed by atoms with Crippen LogP contribution in [0.3, 0.4) is 0 Å². The third-order valence-electron chi connectivity index (χ3n) is 3.90. The molecule has 1 aromatic heterocycles. The first-order chi connectivity index (χ1) is 9.88. The number of rotatable bonds is 4. The zero-order chi connectivity index (χ0) is 13.8. The van der Waals surface area contributed by atoms with E-state index < -0.39 is 0 Å². The summed E-state index contributed by atoms with van der Waals surface area (Å²) in [4.78, 5) is 6.94. The minimum absolute atomic E-state index is 0.445. The van der Waals surface area contributed by atoms with Gasteiger partial charge in [0.2, 0.25) is 0 Å². The van der Waals surface area contributed by atoms with E-state index in [4.69, 9.17) is 4.74 Å². The Kier molecular flexibility index (Phi) is 4.25. The molecule has 1 unspecified atom stereocenters. The molecule has 20 heavy (non-hydrogen) atoms. The number of para-hydroxylation sites is 1. The van der Waals surface area contributed by atoms with Crippen LogP contribution in [-0.4, -0.2) is 49.3 Å². The number of likely N-dealkylation sites (N-methyl/N-ethyl adjacent to an activating group) is 1. The van der Waals surface area contributed by atoms with Crippen LogP contribution < -0.4 is 5.32 Å². The Morgan fingerprint density at radius 2 is 2.25 bits per heavy atom. The lowest BCUT2D eigenvalue weighted by Gasteiger charge is -2.35. The molecule has 1 N–H and O–H groups in total. The molecule has 1 atom stereocenters. The Balaban J connectivity index is 1.84. The van der Waals surface area contributed by atoms with Crippen molar-refractivity contribution < 1.29 is 4.74 Å². The van der Waals surface area contributed by atoms with Crippen LogP contribution in [0.2, 0.25) is 0 Å². The number of morpholine rings is 1. The molecule has 1 fully saturated rings. The summed E-state index contributed by atoms with van der Waals surface area (Å²) in [6.45, 7) is 4.54. The number of benzene rings is 1. The molecule has 106 valence electrons. The van der Waals surface area contributed by atoms with Gasteiger partial charge in [0.05, 0.1) is 18.7 Å². The van der Waals surface area contributed by atoms with Gasteiger partial charge in [-0.3, -0.25) is 9.88 Å². The Morgan fingerprint density at radius 1 is 1.35 bits per heavy atom. The molecule has 0 saturated carbocycles. The lowest BCUT2D eigenvalue weighted by molar-refractivity contribution is -0.0101. The number of nitrogens with zero attached hydrogens (tertiary/aromatic N) is 2. The maximum atomic E-state index is 5.60. The van der Waals surface area contributed by atoms with Gasteiger partial charge in [-0.05, 0) is 24.7 Å². The van der Waals surface area contributed by atoms with E-state index in [-0.39, 0.29) is 0 Å². The fraction of sp³-hybridized carbons (Fsp3) is 0.438. The van der Waals surface area contributed by atoms with Crippen molar-refractivity contribution in [3.8, 4) is 0 Å². The first kappa shape index (κ1) is 13.5. The molecule has 0 bridgehead atoms. The van der Waals surface area contributed by atoms with Gasteiger partial charge in [0.15, 0.2) is 0 Å². The summed E-state index contributed by atoms with van der Waals surface area (Å²) >= 11 is 0. The quantitative estimate of drug-likeness (QED) is 0.917. The predicted molar refractivity (Wildman–Crippen MR) is 80.7 cm³/mol. The second-order valence-corrected chi connectivity index (χ2v) is 5.24. The predicted octanol–water partition coefficient (Wildman–Crippen LogP) is 1.65. The van der Waals surface area contributed by atoms with Crippen molar-refractivity contribution in [1.82, 2.24) is 15.2 Å². The zero-order valence-electron chi connectivity index (χ0n) is 11.9. The van der Waals surface area contributed by atoms with Gasteiger partial charge in [-0.1, -0.05) is 18.2 Å². The van der Waals surface area contributed by atoms with Gasteiger partial charge >= 0.3 is 0 Å². The lowest BCUT2D eigenvalue weighted by atomic mass is 10.1. The molecule has 0 amide bonds. The SMILES string of the molecule is CNCC1COCCN1Cc1ccnc2ccccc12. The van der Waals surface area contributed by atoms with Crippen LogP contribution in [0.25, 0.3) is 10.9 Å². The number of ether oxygens (including phenoxy) is 1. The van der Waals surface area contributed by atoms with E-state index in [1.165, 1.54) is 10.9 Å². The largest absolute Gasteiger partial charge is 0.378 e. The average Bonchev–Trinajstić information content (AvgIpc) is 2.50. The van der Waals surface area contributed by atoms with Crippen molar-refractivity contribution in [2.45, 2.75) is 12.6 Å². The molecule has 3 rings (SSSR count). The van der Waals surface area contributed by atoms with Gasteiger partial charge in [0.25, 0.3) is 0 Å². The van der Waals surface area contributed by atoms with Crippen molar-refractivity contribution in [3.63, 3.8) is 0 Å². The summed E-state index contributed by atoms with van der Waals surface area (Å²) in [5.74, 6) is 0. The molecule has 2 aromatic rings. The number of nitrogens with one attached hydrogen (secondary N) is 1. The summed E-state index contributed by atoms with van der Waals surface area (Å²) in [6, 6.07) is 10.9. The maximum Gasteiger partial charge on any atom is 0.0705 e. The zero-order valence-corrected chi connectivity index (χ0v) is 11.9. The van der Waals surface area contributed by atoms with Crippen LogP contribution in [0.15, 0.2) is 36.5 Å². The molecule has 0 spiro atoms. The van der Waals surface area contributed by atoms with Crippen molar-refractivity contribution >= 4 is 10.9 Å². The molecule has 1 aromatic carbocycles. The first-order valence-electron chi connectivity index (χ1n) is 7.17. The van der Waals surface area contributed by atoms with Gasteiger partial charge in [-0.25, -0.2) is 0 Å². The normalized spacial score (nSPS) is 20.4. The molecule has 2 heterocycles. The highest BCUT2D eigenvalue weighted by Crippen LogP contribution is 2.19. The topological polar surface area (TPSA) is 37.4 Å². The van der Waals surface area contributed by atoms with Crippen LogP contribution in [0, 0.1) is 0 Å². The van der Waals surface area contributed by atoms with E-state index in [1.807, 2.05) is 19.3 Å². The molecular weight excluding hydrogens is 250 g/mol. The van der Waals surface area contributed by atoms with Crippen molar-refractivity contribution in [3.05, 3.63) is 42.1 Å². The molecule has 1 aliphatic heterocycles. The maximum absolute atomic E-state index is 5.60. The molecule has 0 radical (unpaired) electrons. The van der Waals surface area contributed by atoms with Crippen molar-refractivity contribution in [2.75, 3.05) is 33.4 Å². The number of aromatic nitrogens is 1. The molecular formula is C16H21N3O. The molecule has 1 saturated heterocycles. The third kappa shape index (κ3) is 2.82. The Labute approximate surface area is 119 Å². The van der Waals surface area contributed by atoms with Crippen molar-refractivity contribution in [2.24, 2.45) is 0 Å². The van der Waals surface area contributed by atoms with E-state index in [2.05, 4.69) is 39.5 Å². The average molecular weight is 271 g/mol. The van der Waals surface area contributed by atoms with Gasteiger partial charge < -0.3 is 10.1 Å². The Bertz CT molecular complexity index is 565. The van der Waals surface area contributed by atoms with Crippen LogP contribution in [0.4, 0.5) is 0 Å². The summed E-state index contributed by atoms with van der Waals surface area (Å²) in [7, 11) is 1.99. The van der Waals surface area contributed by atoms with Crippen LogP contribution >= 0.6 is 0 Å². The molecule has 1 aliphatic rings. The Hall–Kier alpha value is -1.49. The summed E-state index contributed by atoms with van der Waals surface area (Å²) in [5, 5.41) is 4.51. The van der Waals surface area contributed by atoms with Gasteiger partial charge in [0.1, 0.15) is 0 Å². The highest BCUT2D eigenvalue weighted by Gasteiger charge is 2.22.